The van der Waals surface area contributed by atoms with Gasteiger partial charge in [-0.15, -0.1) is 0 Å². The maximum Gasteiger partial charge on any atom is 0.340 e. The highest BCUT2D eigenvalue weighted by atomic mass is 16.5. The quantitative estimate of drug-likeness (QED) is 0.397. The highest BCUT2D eigenvalue weighted by molar-refractivity contribution is 5.87. The Morgan fingerprint density at radius 3 is 2.26 bits per heavy atom. The van der Waals surface area contributed by atoms with Gasteiger partial charge in [0.2, 0.25) is 0 Å². The number of benzene rings is 3. The van der Waals surface area contributed by atoms with Crippen LogP contribution in [0.5, 0.6) is 5.75 Å². The van der Waals surface area contributed by atoms with E-state index in [0.29, 0.717) is 34.4 Å². The van der Waals surface area contributed by atoms with Crippen molar-refractivity contribution >= 4 is 22.8 Å². The fourth-order valence-electron chi connectivity index (χ4n) is 4.00. The third-order valence-corrected chi connectivity index (χ3v) is 5.91. The lowest BCUT2D eigenvalue weighted by Crippen LogP contribution is -2.43. The van der Waals surface area contributed by atoms with Crippen molar-refractivity contribution in [1.29, 1.82) is 0 Å². The monoisotopic (exact) mass is 470 g/mol. The first kappa shape index (κ1) is 23.8. The molecule has 0 aliphatic heterocycles. The Bertz CT molecular complexity index is 1430. The van der Waals surface area contributed by atoms with Gasteiger partial charge in [0.05, 0.1) is 12.0 Å². The number of carbonyl (C=O) groups is 2. The van der Waals surface area contributed by atoms with Crippen molar-refractivity contribution in [3.63, 3.8) is 0 Å². The largest absolute Gasteiger partial charge is 0.548 e. The normalized spacial score (nSPS) is 11.7. The first-order valence-corrected chi connectivity index (χ1v) is 11.1. The molecule has 35 heavy (non-hydrogen) atoms. The summed E-state index contributed by atoms with van der Waals surface area (Å²) in [6, 6.07) is 20.1. The number of carbonyl (C=O) groups excluding carboxylic acids is 2. The van der Waals surface area contributed by atoms with Crippen LogP contribution in [0.3, 0.4) is 0 Å². The van der Waals surface area contributed by atoms with E-state index in [0.717, 1.165) is 16.5 Å². The molecule has 1 heterocycles. The maximum absolute atomic E-state index is 12.8. The van der Waals surface area contributed by atoms with Crippen molar-refractivity contribution in [3.05, 3.63) is 111 Å². The van der Waals surface area contributed by atoms with Gasteiger partial charge < -0.3 is 24.4 Å². The predicted octanol–water partition coefficient (Wildman–Crippen LogP) is 2.99. The smallest absolute Gasteiger partial charge is 0.340 e. The number of carboxylic acid groups (broad SMARTS) is 1. The van der Waals surface area contributed by atoms with Crippen molar-refractivity contribution < 1.29 is 23.8 Å². The number of amides is 1. The second kappa shape index (κ2) is 10.3. The van der Waals surface area contributed by atoms with Gasteiger partial charge in [-0.1, -0.05) is 60.7 Å². The number of nitrogens with one attached hydrogen (secondary N) is 1. The van der Waals surface area contributed by atoms with E-state index >= 15 is 0 Å². The average Bonchev–Trinajstić information content (AvgIpc) is 2.86. The van der Waals surface area contributed by atoms with Crippen molar-refractivity contribution in [2.75, 3.05) is 6.61 Å². The molecule has 0 bridgehead atoms. The summed E-state index contributed by atoms with van der Waals surface area (Å²) in [6.07, 6.45) is 0.462. The zero-order valence-electron chi connectivity index (χ0n) is 19.4. The molecular weight excluding hydrogens is 446 g/mol. The van der Waals surface area contributed by atoms with Crippen molar-refractivity contribution in [2.45, 2.75) is 26.3 Å². The van der Waals surface area contributed by atoms with Gasteiger partial charge in [0.25, 0.3) is 5.91 Å². The lowest BCUT2D eigenvalue weighted by molar-refractivity contribution is -0.308. The molecule has 1 amide bonds. The van der Waals surface area contributed by atoms with Crippen LogP contribution in [-0.4, -0.2) is 18.5 Å². The Morgan fingerprint density at radius 1 is 0.943 bits per heavy atom. The molecule has 4 rings (SSSR count). The van der Waals surface area contributed by atoms with Gasteiger partial charge in [-0.05, 0) is 42.7 Å². The Kier molecular flexibility index (Phi) is 6.96. The van der Waals surface area contributed by atoms with E-state index in [-0.39, 0.29) is 0 Å². The molecule has 4 aromatic rings. The Labute approximate surface area is 202 Å². The van der Waals surface area contributed by atoms with Gasteiger partial charge >= 0.3 is 5.63 Å². The molecule has 1 aromatic heterocycles. The average molecular weight is 471 g/mol. The van der Waals surface area contributed by atoms with Crippen molar-refractivity contribution in [3.8, 4) is 5.75 Å². The zero-order chi connectivity index (χ0) is 24.9. The second-order valence-electron chi connectivity index (χ2n) is 8.24. The van der Waals surface area contributed by atoms with Crippen LogP contribution < -0.4 is 20.8 Å². The van der Waals surface area contributed by atoms with Crippen LogP contribution in [0.1, 0.15) is 33.9 Å². The molecule has 0 unspecified atom stereocenters. The maximum atomic E-state index is 12.8. The number of aryl methyl sites for hydroxylation is 2. The van der Waals surface area contributed by atoms with E-state index < -0.39 is 30.2 Å². The third kappa shape index (κ3) is 5.24. The number of fused-ring (bicyclic) bond motifs is 1. The number of aliphatic carboxylic acids is 1. The number of hydrogen-bond acceptors (Lipinski definition) is 6. The molecule has 0 fully saturated rings. The molecule has 7 nitrogen and oxygen atoms in total. The van der Waals surface area contributed by atoms with E-state index in [4.69, 9.17) is 9.15 Å². The number of carboxylic acids is 1. The van der Waals surface area contributed by atoms with Gasteiger partial charge in [-0.25, -0.2) is 4.79 Å². The van der Waals surface area contributed by atoms with Crippen molar-refractivity contribution in [2.24, 2.45) is 0 Å². The molecule has 7 heteroatoms. The minimum Gasteiger partial charge on any atom is -0.548 e. The minimum atomic E-state index is -1.42. The molecule has 0 saturated carbocycles. The minimum absolute atomic E-state index is 0.357. The molecule has 0 radical (unpaired) electrons. The zero-order valence-corrected chi connectivity index (χ0v) is 19.4. The van der Waals surface area contributed by atoms with Gasteiger partial charge in [0, 0.05) is 22.9 Å². The Hall–Kier alpha value is -4.39. The molecule has 1 atom stereocenters. The highest BCUT2D eigenvalue weighted by Gasteiger charge is 2.18. The summed E-state index contributed by atoms with van der Waals surface area (Å²) in [5.41, 5.74) is 3.36. The van der Waals surface area contributed by atoms with E-state index in [1.54, 1.807) is 49.4 Å². The summed E-state index contributed by atoms with van der Waals surface area (Å²) >= 11 is 0. The Balaban J connectivity index is 1.53. The van der Waals surface area contributed by atoms with E-state index in [9.17, 15) is 19.5 Å². The SMILES string of the molecule is Cc1c(Cc2ccccc2)c(=O)oc2c(C)c(OCC(=O)N[C@H](C(=O)[O-])c3ccccc3)ccc12. The molecule has 0 aliphatic rings. The predicted molar refractivity (Wildman–Crippen MR) is 129 cm³/mol. The van der Waals surface area contributed by atoms with Gasteiger partial charge in [-0.3, -0.25) is 4.79 Å². The first-order chi connectivity index (χ1) is 16.8. The summed E-state index contributed by atoms with van der Waals surface area (Å²) in [7, 11) is 0. The van der Waals surface area contributed by atoms with Crippen LogP contribution in [0.2, 0.25) is 0 Å². The van der Waals surface area contributed by atoms with Crippen LogP contribution in [0.15, 0.2) is 82.0 Å². The van der Waals surface area contributed by atoms with E-state index in [1.807, 2.05) is 37.3 Å². The van der Waals surface area contributed by atoms with Crippen LogP contribution >= 0.6 is 0 Å². The molecule has 3 aromatic carbocycles. The molecule has 1 N–H and O–H groups in total. The summed E-state index contributed by atoms with van der Waals surface area (Å²) in [6.45, 7) is 3.20. The van der Waals surface area contributed by atoms with E-state index in [1.165, 1.54) is 0 Å². The second-order valence-corrected chi connectivity index (χ2v) is 8.24. The fraction of sp³-hybridized carbons (Fsp3) is 0.179. The molecular formula is C28H24NO6-. The summed E-state index contributed by atoms with van der Waals surface area (Å²) in [4.78, 5) is 36.7. The first-order valence-electron chi connectivity index (χ1n) is 11.1. The van der Waals surface area contributed by atoms with Crippen molar-refractivity contribution in [1.82, 2.24) is 5.32 Å². The molecule has 0 aliphatic carbocycles. The van der Waals surface area contributed by atoms with Crippen LogP contribution in [0.25, 0.3) is 11.0 Å². The van der Waals surface area contributed by atoms with E-state index in [2.05, 4.69) is 5.32 Å². The molecule has 178 valence electrons. The lowest BCUT2D eigenvalue weighted by atomic mass is 9.98. The number of hydrogen-bond donors (Lipinski definition) is 1. The molecule has 0 spiro atoms. The van der Waals surface area contributed by atoms with Crippen LogP contribution in [0, 0.1) is 13.8 Å². The van der Waals surface area contributed by atoms with Crippen LogP contribution in [0.4, 0.5) is 0 Å². The number of rotatable bonds is 8. The molecule has 0 saturated heterocycles. The Morgan fingerprint density at radius 2 is 1.60 bits per heavy atom. The number of ether oxygens (including phenoxy) is 1. The van der Waals surface area contributed by atoms with Crippen LogP contribution in [-0.2, 0) is 16.0 Å². The summed E-state index contributed by atoms with van der Waals surface area (Å²) < 4.78 is 11.3. The fourth-order valence-corrected chi connectivity index (χ4v) is 4.00. The lowest BCUT2D eigenvalue weighted by Gasteiger charge is -2.20. The summed E-state index contributed by atoms with van der Waals surface area (Å²) in [5, 5.41) is 14.7. The third-order valence-electron chi connectivity index (χ3n) is 5.91. The summed E-state index contributed by atoms with van der Waals surface area (Å²) in [5.74, 6) is -1.69. The van der Waals surface area contributed by atoms with Gasteiger partial charge in [0.1, 0.15) is 11.3 Å². The standard InChI is InChI=1S/C28H25NO6/c1-17-21-13-14-23(34-16-24(30)29-25(27(31)32)20-11-7-4-8-12-20)18(2)26(21)35-28(33)22(17)15-19-9-5-3-6-10-19/h3-14,25H,15-16H2,1-2H3,(H,29,30)(H,31,32)/p-1/t25-/m0/s1. The highest BCUT2D eigenvalue weighted by Crippen LogP contribution is 2.30. The van der Waals surface area contributed by atoms with Gasteiger partial charge in [0.15, 0.2) is 6.61 Å². The van der Waals surface area contributed by atoms with Gasteiger partial charge in [-0.2, -0.15) is 0 Å². The topological polar surface area (TPSA) is 109 Å².